The van der Waals surface area contributed by atoms with Crippen LogP contribution in [0.15, 0.2) is 54.6 Å². The zero-order valence-corrected chi connectivity index (χ0v) is 13.0. The molecule has 0 unspecified atom stereocenters. The van der Waals surface area contributed by atoms with E-state index >= 15 is 0 Å². The number of para-hydroxylation sites is 1. The minimum Gasteiger partial charge on any atom is -0.399 e. The van der Waals surface area contributed by atoms with Crippen LogP contribution >= 0.6 is 0 Å². The van der Waals surface area contributed by atoms with Crippen molar-refractivity contribution in [1.82, 2.24) is 0 Å². The Balaban J connectivity index is 0.000000774. The molecule has 1 aliphatic rings. The lowest BCUT2D eigenvalue weighted by Crippen LogP contribution is -2.46. The Bertz CT molecular complexity index is 514. The molecular formula is C18H25N3. The third kappa shape index (κ3) is 3.91. The van der Waals surface area contributed by atoms with Gasteiger partial charge in [0.2, 0.25) is 0 Å². The summed E-state index contributed by atoms with van der Waals surface area (Å²) >= 11 is 0. The van der Waals surface area contributed by atoms with Gasteiger partial charge in [-0.1, -0.05) is 32.0 Å². The van der Waals surface area contributed by atoms with Crippen molar-refractivity contribution >= 4 is 17.1 Å². The molecule has 0 aliphatic carbocycles. The lowest BCUT2D eigenvalue weighted by atomic mass is 10.2. The van der Waals surface area contributed by atoms with Crippen LogP contribution in [0.4, 0.5) is 17.1 Å². The summed E-state index contributed by atoms with van der Waals surface area (Å²) in [7, 11) is 0. The average molecular weight is 283 g/mol. The first kappa shape index (κ1) is 15.2. The molecule has 1 aliphatic heterocycles. The monoisotopic (exact) mass is 283 g/mol. The molecule has 3 nitrogen and oxygen atoms in total. The first-order chi connectivity index (χ1) is 10.3. The van der Waals surface area contributed by atoms with E-state index in [0.717, 1.165) is 31.9 Å². The number of nitrogen functional groups attached to an aromatic ring is 1. The lowest BCUT2D eigenvalue weighted by molar-refractivity contribution is 0.653. The maximum absolute atomic E-state index is 5.73. The van der Waals surface area contributed by atoms with Gasteiger partial charge in [-0.3, -0.25) is 0 Å². The van der Waals surface area contributed by atoms with Crippen LogP contribution in [-0.2, 0) is 0 Å². The summed E-state index contributed by atoms with van der Waals surface area (Å²) in [5.74, 6) is 0. The summed E-state index contributed by atoms with van der Waals surface area (Å²) in [4.78, 5) is 4.85. The van der Waals surface area contributed by atoms with Crippen molar-refractivity contribution in [2.24, 2.45) is 0 Å². The fourth-order valence-corrected chi connectivity index (χ4v) is 2.55. The maximum atomic E-state index is 5.73. The second kappa shape index (κ2) is 7.58. The molecule has 21 heavy (non-hydrogen) atoms. The predicted molar refractivity (Wildman–Crippen MR) is 93.1 cm³/mol. The fourth-order valence-electron chi connectivity index (χ4n) is 2.55. The smallest absolute Gasteiger partial charge is 0.0368 e. The van der Waals surface area contributed by atoms with Gasteiger partial charge < -0.3 is 15.5 Å². The highest BCUT2D eigenvalue weighted by Gasteiger charge is 2.17. The van der Waals surface area contributed by atoms with Gasteiger partial charge in [0.1, 0.15) is 0 Å². The van der Waals surface area contributed by atoms with E-state index < -0.39 is 0 Å². The highest BCUT2D eigenvalue weighted by Crippen LogP contribution is 2.21. The van der Waals surface area contributed by atoms with Gasteiger partial charge in [-0.05, 0) is 36.4 Å². The number of rotatable bonds is 2. The molecule has 3 rings (SSSR count). The standard InChI is InChI=1S/C16H19N3.C2H6/c17-14-6-8-16(9-7-14)19-12-10-18(11-13-19)15-4-2-1-3-5-15;1-2/h1-9H,10-13,17H2;1-2H3. The molecule has 112 valence electrons. The summed E-state index contributed by atoms with van der Waals surface area (Å²) in [5.41, 5.74) is 9.14. The minimum atomic E-state index is 0.826. The van der Waals surface area contributed by atoms with Crippen molar-refractivity contribution in [3.05, 3.63) is 54.6 Å². The SMILES string of the molecule is CC.Nc1ccc(N2CCN(c3ccccc3)CC2)cc1. The van der Waals surface area contributed by atoms with E-state index in [1.54, 1.807) is 0 Å². The largest absolute Gasteiger partial charge is 0.399 e. The van der Waals surface area contributed by atoms with Crippen molar-refractivity contribution < 1.29 is 0 Å². The Morgan fingerprint density at radius 3 is 1.57 bits per heavy atom. The maximum Gasteiger partial charge on any atom is 0.0368 e. The summed E-state index contributed by atoms with van der Waals surface area (Å²) < 4.78 is 0. The topological polar surface area (TPSA) is 32.5 Å². The van der Waals surface area contributed by atoms with Crippen LogP contribution in [0, 0.1) is 0 Å². The van der Waals surface area contributed by atoms with Gasteiger partial charge in [0.25, 0.3) is 0 Å². The second-order valence-corrected chi connectivity index (χ2v) is 4.90. The van der Waals surface area contributed by atoms with E-state index in [1.165, 1.54) is 11.4 Å². The third-order valence-corrected chi connectivity index (χ3v) is 3.66. The van der Waals surface area contributed by atoms with Crippen LogP contribution in [0.3, 0.4) is 0 Å². The number of piperazine rings is 1. The number of nitrogens with two attached hydrogens (primary N) is 1. The second-order valence-electron chi connectivity index (χ2n) is 4.90. The molecule has 2 N–H and O–H groups in total. The van der Waals surface area contributed by atoms with Crippen molar-refractivity contribution in [1.29, 1.82) is 0 Å². The van der Waals surface area contributed by atoms with Crippen molar-refractivity contribution in [3.8, 4) is 0 Å². The molecule has 1 fully saturated rings. The van der Waals surface area contributed by atoms with E-state index in [0.29, 0.717) is 0 Å². The van der Waals surface area contributed by atoms with E-state index in [4.69, 9.17) is 5.73 Å². The zero-order chi connectivity index (χ0) is 15.1. The summed E-state index contributed by atoms with van der Waals surface area (Å²) in [6.07, 6.45) is 0. The minimum absolute atomic E-state index is 0.826. The third-order valence-electron chi connectivity index (χ3n) is 3.66. The molecule has 2 aromatic carbocycles. The van der Waals surface area contributed by atoms with Crippen molar-refractivity contribution in [3.63, 3.8) is 0 Å². The lowest BCUT2D eigenvalue weighted by Gasteiger charge is -2.37. The Morgan fingerprint density at radius 1 is 0.667 bits per heavy atom. The molecule has 1 saturated heterocycles. The van der Waals surface area contributed by atoms with Gasteiger partial charge in [-0.15, -0.1) is 0 Å². The molecule has 0 atom stereocenters. The number of nitrogens with zero attached hydrogens (tertiary/aromatic N) is 2. The molecule has 0 radical (unpaired) electrons. The molecule has 3 heteroatoms. The van der Waals surface area contributed by atoms with E-state index in [-0.39, 0.29) is 0 Å². The number of anilines is 3. The number of benzene rings is 2. The van der Waals surface area contributed by atoms with Crippen LogP contribution in [0.5, 0.6) is 0 Å². The first-order valence-electron chi connectivity index (χ1n) is 7.73. The van der Waals surface area contributed by atoms with Crippen LogP contribution in [0.1, 0.15) is 13.8 Å². The zero-order valence-electron chi connectivity index (χ0n) is 13.0. The van der Waals surface area contributed by atoms with Gasteiger partial charge in [0.05, 0.1) is 0 Å². The van der Waals surface area contributed by atoms with E-state index in [2.05, 4.69) is 52.3 Å². The molecule has 0 saturated carbocycles. The Hall–Kier alpha value is -2.16. The molecule has 1 heterocycles. The van der Waals surface area contributed by atoms with Crippen molar-refractivity contribution in [2.75, 3.05) is 41.7 Å². The van der Waals surface area contributed by atoms with Crippen LogP contribution in [0.25, 0.3) is 0 Å². The van der Waals surface area contributed by atoms with Gasteiger partial charge >= 0.3 is 0 Å². The number of hydrogen-bond donors (Lipinski definition) is 1. The van der Waals surface area contributed by atoms with Gasteiger partial charge in [0.15, 0.2) is 0 Å². The van der Waals surface area contributed by atoms with Gasteiger partial charge in [-0.2, -0.15) is 0 Å². The summed E-state index contributed by atoms with van der Waals surface area (Å²) in [6, 6.07) is 18.8. The predicted octanol–water partition coefficient (Wildman–Crippen LogP) is 3.62. The Kier molecular flexibility index (Phi) is 5.50. The molecule has 0 amide bonds. The van der Waals surface area contributed by atoms with E-state index in [1.807, 2.05) is 26.0 Å². The Morgan fingerprint density at radius 2 is 1.10 bits per heavy atom. The first-order valence-corrected chi connectivity index (χ1v) is 7.73. The molecule has 0 bridgehead atoms. The highest BCUT2D eigenvalue weighted by molar-refractivity contribution is 5.55. The van der Waals surface area contributed by atoms with Gasteiger partial charge in [0, 0.05) is 43.2 Å². The van der Waals surface area contributed by atoms with Crippen molar-refractivity contribution in [2.45, 2.75) is 13.8 Å². The number of hydrogen-bond acceptors (Lipinski definition) is 3. The summed E-state index contributed by atoms with van der Waals surface area (Å²) in [6.45, 7) is 8.24. The fraction of sp³-hybridized carbons (Fsp3) is 0.333. The van der Waals surface area contributed by atoms with Gasteiger partial charge in [-0.25, -0.2) is 0 Å². The molecule has 0 aromatic heterocycles. The normalized spacial score (nSPS) is 14.4. The highest BCUT2D eigenvalue weighted by atomic mass is 15.3. The van der Waals surface area contributed by atoms with Crippen LogP contribution < -0.4 is 15.5 Å². The van der Waals surface area contributed by atoms with Crippen LogP contribution in [0.2, 0.25) is 0 Å². The average Bonchev–Trinajstić information content (AvgIpc) is 2.58. The Labute approximate surface area is 128 Å². The molecular weight excluding hydrogens is 258 g/mol. The van der Waals surface area contributed by atoms with E-state index in [9.17, 15) is 0 Å². The quantitative estimate of drug-likeness (QED) is 0.854. The summed E-state index contributed by atoms with van der Waals surface area (Å²) in [5, 5.41) is 0. The van der Waals surface area contributed by atoms with Crippen LogP contribution in [-0.4, -0.2) is 26.2 Å². The molecule has 0 spiro atoms. The molecule has 2 aromatic rings.